The van der Waals surface area contributed by atoms with E-state index in [1.165, 1.54) is 23.3 Å². The predicted octanol–water partition coefficient (Wildman–Crippen LogP) is 3.73. The van der Waals surface area contributed by atoms with Crippen LogP contribution in [-0.4, -0.2) is 5.11 Å². The van der Waals surface area contributed by atoms with Gasteiger partial charge in [0.25, 0.3) is 0 Å². The molecule has 2 aromatic carbocycles. The molecule has 0 amide bonds. The maximum Gasteiger partial charge on any atom is 0.129 e. The summed E-state index contributed by atoms with van der Waals surface area (Å²) in [4.78, 5) is 0. The number of hydrogen-bond acceptors (Lipinski definition) is 1. The van der Waals surface area contributed by atoms with Crippen LogP contribution in [0.3, 0.4) is 0 Å². The number of fused-ring (bicyclic) bond motifs is 1. The highest BCUT2D eigenvalue weighted by atomic mass is 19.1. The van der Waals surface area contributed by atoms with Crippen LogP contribution in [0.1, 0.15) is 34.8 Å². The lowest BCUT2D eigenvalue weighted by Crippen LogP contribution is -2.04. The van der Waals surface area contributed by atoms with Gasteiger partial charge >= 0.3 is 0 Å². The smallest absolute Gasteiger partial charge is 0.129 e. The Labute approximate surface area is 116 Å². The maximum absolute atomic E-state index is 13.6. The number of hydrogen-bond donors (Lipinski definition) is 1. The molecule has 1 N–H and O–H groups in total. The van der Waals surface area contributed by atoms with Gasteiger partial charge in [0.2, 0.25) is 0 Å². The Kier molecular flexibility index (Phi) is 3.53. The molecule has 0 spiro atoms. The summed E-state index contributed by atoms with van der Waals surface area (Å²) in [5.74, 6) is -1.21. The van der Waals surface area contributed by atoms with Crippen molar-refractivity contribution in [3.63, 3.8) is 0 Å². The van der Waals surface area contributed by atoms with Gasteiger partial charge in [-0.2, -0.15) is 0 Å². The van der Waals surface area contributed by atoms with Gasteiger partial charge in [-0.15, -0.1) is 0 Å². The van der Waals surface area contributed by atoms with Crippen molar-refractivity contribution < 1.29 is 13.9 Å². The first-order valence-electron chi connectivity index (χ1n) is 6.87. The number of aryl methyl sites for hydroxylation is 2. The van der Waals surface area contributed by atoms with Gasteiger partial charge in [0, 0.05) is 12.5 Å². The molecule has 0 aromatic heterocycles. The minimum atomic E-state index is -0.763. The Balaban J connectivity index is 1.80. The molecule has 3 rings (SSSR count). The van der Waals surface area contributed by atoms with Gasteiger partial charge < -0.3 is 5.11 Å². The van der Waals surface area contributed by atoms with Crippen LogP contribution < -0.4 is 0 Å². The highest BCUT2D eigenvalue weighted by molar-refractivity contribution is 5.36. The summed E-state index contributed by atoms with van der Waals surface area (Å²) >= 11 is 0. The molecule has 0 saturated carbocycles. The number of rotatable bonds is 3. The predicted molar refractivity (Wildman–Crippen MR) is 73.5 cm³/mol. The number of halogens is 2. The molecule has 1 unspecified atom stereocenters. The van der Waals surface area contributed by atoms with Gasteiger partial charge in [-0.3, -0.25) is 0 Å². The van der Waals surface area contributed by atoms with Crippen LogP contribution in [0.2, 0.25) is 0 Å². The first kappa shape index (κ1) is 13.3. The molecule has 1 aliphatic rings. The van der Waals surface area contributed by atoms with E-state index in [9.17, 15) is 13.9 Å². The van der Waals surface area contributed by atoms with Crippen molar-refractivity contribution >= 4 is 0 Å². The third-order valence-electron chi connectivity index (χ3n) is 3.94. The van der Waals surface area contributed by atoms with Crippen molar-refractivity contribution in [1.82, 2.24) is 0 Å². The van der Waals surface area contributed by atoms with E-state index in [0.717, 1.165) is 30.9 Å². The largest absolute Gasteiger partial charge is 0.388 e. The summed E-state index contributed by atoms with van der Waals surface area (Å²) < 4.78 is 26.5. The van der Waals surface area contributed by atoms with E-state index in [1.807, 2.05) is 18.2 Å². The first-order valence-corrected chi connectivity index (χ1v) is 6.87. The molecule has 20 heavy (non-hydrogen) atoms. The molecule has 1 atom stereocenters. The van der Waals surface area contributed by atoms with E-state index in [2.05, 4.69) is 0 Å². The quantitative estimate of drug-likeness (QED) is 0.904. The van der Waals surface area contributed by atoms with Gasteiger partial charge in [0.15, 0.2) is 0 Å². The third kappa shape index (κ3) is 2.59. The van der Waals surface area contributed by atoms with Crippen LogP contribution in [0.25, 0.3) is 0 Å². The maximum atomic E-state index is 13.6. The van der Waals surface area contributed by atoms with Gasteiger partial charge in [-0.1, -0.05) is 24.3 Å². The molecule has 3 heteroatoms. The summed E-state index contributed by atoms with van der Waals surface area (Å²) in [5, 5.41) is 10.2. The normalized spacial score (nSPS) is 15.2. The third-order valence-corrected chi connectivity index (χ3v) is 3.94. The summed E-state index contributed by atoms with van der Waals surface area (Å²) in [6.45, 7) is 0. The average Bonchev–Trinajstić information content (AvgIpc) is 2.89. The van der Waals surface area contributed by atoms with E-state index in [-0.39, 0.29) is 6.42 Å². The van der Waals surface area contributed by atoms with Gasteiger partial charge in [0.1, 0.15) is 11.6 Å². The fourth-order valence-corrected chi connectivity index (χ4v) is 2.81. The van der Waals surface area contributed by atoms with Crippen molar-refractivity contribution in [3.8, 4) is 0 Å². The number of benzene rings is 2. The van der Waals surface area contributed by atoms with E-state index >= 15 is 0 Å². The van der Waals surface area contributed by atoms with Crippen molar-refractivity contribution in [2.75, 3.05) is 0 Å². The minimum absolute atomic E-state index is 0.158. The molecule has 0 radical (unpaired) electrons. The zero-order chi connectivity index (χ0) is 14.1. The standard InChI is InChI=1S/C17H16F2O/c18-15-7-6-13(16(19)10-15)9-17(20)14-5-4-11-2-1-3-12(11)8-14/h4-8,10,17,20H,1-3,9H2. The lowest BCUT2D eigenvalue weighted by atomic mass is 9.98. The van der Waals surface area contributed by atoms with Crippen LogP contribution in [0.4, 0.5) is 8.78 Å². The monoisotopic (exact) mass is 274 g/mol. The molecular formula is C17H16F2O. The second-order valence-corrected chi connectivity index (χ2v) is 5.34. The van der Waals surface area contributed by atoms with Gasteiger partial charge in [-0.25, -0.2) is 8.78 Å². The molecule has 1 aliphatic carbocycles. The highest BCUT2D eigenvalue weighted by Gasteiger charge is 2.16. The lowest BCUT2D eigenvalue weighted by Gasteiger charge is -2.13. The number of aliphatic hydroxyl groups excluding tert-OH is 1. The van der Waals surface area contributed by atoms with Crippen LogP contribution in [0.5, 0.6) is 0 Å². The summed E-state index contributed by atoms with van der Waals surface area (Å²) in [6.07, 6.45) is 2.69. The highest BCUT2D eigenvalue weighted by Crippen LogP contribution is 2.27. The molecule has 0 bridgehead atoms. The number of aliphatic hydroxyl groups is 1. The molecular weight excluding hydrogens is 258 g/mol. The molecule has 0 heterocycles. The molecule has 0 aliphatic heterocycles. The SMILES string of the molecule is OC(Cc1ccc(F)cc1F)c1ccc2c(c1)CCC2. The van der Waals surface area contributed by atoms with Crippen LogP contribution in [0, 0.1) is 11.6 Å². The molecule has 0 saturated heterocycles. The molecule has 0 fully saturated rings. The van der Waals surface area contributed by atoms with Crippen LogP contribution in [0.15, 0.2) is 36.4 Å². The average molecular weight is 274 g/mol. The molecule has 1 nitrogen and oxygen atoms in total. The van der Waals surface area contributed by atoms with E-state index in [4.69, 9.17) is 0 Å². The molecule has 2 aromatic rings. The Morgan fingerprint density at radius 2 is 1.80 bits per heavy atom. The van der Waals surface area contributed by atoms with E-state index in [1.54, 1.807) is 0 Å². The zero-order valence-corrected chi connectivity index (χ0v) is 11.1. The van der Waals surface area contributed by atoms with E-state index < -0.39 is 17.7 Å². The zero-order valence-electron chi connectivity index (χ0n) is 11.1. The lowest BCUT2D eigenvalue weighted by molar-refractivity contribution is 0.177. The van der Waals surface area contributed by atoms with Crippen molar-refractivity contribution in [1.29, 1.82) is 0 Å². The summed E-state index contributed by atoms with van der Waals surface area (Å²) in [5.41, 5.74) is 3.75. The minimum Gasteiger partial charge on any atom is -0.388 e. The Morgan fingerprint density at radius 1 is 1.00 bits per heavy atom. The van der Waals surface area contributed by atoms with Crippen LogP contribution >= 0.6 is 0 Å². The van der Waals surface area contributed by atoms with Crippen molar-refractivity contribution in [2.24, 2.45) is 0 Å². The van der Waals surface area contributed by atoms with Crippen LogP contribution in [-0.2, 0) is 19.3 Å². The molecule has 104 valence electrons. The second kappa shape index (κ2) is 5.33. The van der Waals surface area contributed by atoms with Gasteiger partial charge in [-0.05, 0) is 47.6 Å². The van der Waals surface area contributed by atoms with Crippen molar-refractivity contribution in [3.05, 3.63) is 70.3 Å². The van der Waals surface area contributed by atoms with Gasteiger partial charge in [0.05, 0.1) is 6.10 Å². The van der Waals surface area contributed by atoms with E-state index in [0.29, 0.717) is 5.56 Å². The fourth-order valence-electron chi connectivity index (χ4n) is 2.81. The topological polar surface area (TPSA) is 20.2 Å². The fraction of sp³-hybridized carbons (Fsp3) is 0.294. The van der Waals surface area contributed by atoms with Crippen molar-refractivity contribution in [2.45, 2.75) is 31.8 Å². The Hall–Kier alpha value is -1.74. The summed E-state index contributed by atoms with van der Waals surface area (Å²) in [6, 6.07) is 9.41. The Bertz CT molecular complexity index is 637. The summed E-state index contributed by atoms with van der Waals surface area (Å²) in [7, 11) is 0. The second-order valence-electron chi connectivity index (χ2n) is 5.34. The first-order chi connectivity index (χ1) is 9.63. The Morgan fingerprint density at radius 3 is 2.60 bits per heavy atom.